The molecule has 0 saturated heterocycles. The van der Waals surface area contributed by atoms with Crippen LogP contribution in [0.3, 0.4) is 0 Å². The first-order valence-electron chi connectivity index (χ1n) is 14.7. The molecule has 0 aromatic heterocycles. The van der Waals surface area contributed by atoms with Crippen LogP contribution in [0.1, 0.15) is 58.1 Å². The van der Waals surface area contributed by atoms with Gasteiger partial charge in [-0.2, -0.15) is 0 Å². The van der Waals surface area contributed by atoms with E-state index in [0.717, 1.165) is 30.6 Å². The molecule has 0 radical (unpaired) electrons. The number of amides is 1. The summed E-state index contributed by atoms with van der Waals surface area (Å²) in [4.78, 5) is 13.0. The zero-order valence-corrected chi connectivity index (χ0v) is 26.6. The van der Waals surface area contributed by atoms with Gasteiger partial charge in [0.2, 0.25) is 5.91 Å². The lowest BCUT2D eigenvalue weighted by Crippen LogP contribution is -2.43. The Morgan fingerprint density at radius 1 is 0.927 bits per heavy atom. The van der Waals surface area contributed by atoms with Gasteiger partial charge in [0.05, 0.1) is 19.8 Å². The molecule has 7 nitrogen and oxygen atoms in total. The second kappa shape index (κ2) is 19.7. The highest BCUT2D eigenvalue weighted by Crippen LogP contribution is 2.31. The third-order valence-corrected chi connectivity index (χ3v) is 7.68. The van der Waals surface area contributed by atoms with E-state index in [1.807, 2.05) is 44.2 Å². The van der Waals surface area contributed by atoms with E-state index in [1.165, 1.54) is 5.56 Å². The molecule has 2 rings (SSSR count). The maximum absolute atomic E-state index is 13.0. The van der Waals surface area contributed by atoms with E-state index in [0.29, 0.717) is 44.3 Å². The molecule has 0 heterocycles. The number of nitrogens with one attached hydrogen (secondary N) is 1. The van der Waals surface area contributed by atoms with Gasteiger partial charge in [0, 0.05) is 38.6 Å². The molecule has 41 heavy (non-hydrogen) atoms. The van der Waals surface area contributed by atoms with Gasteiger partial charge in [-0.1, -0.05) is 64.1 Å². The van der Waals surface area contributed by atoms with Crippen molar-refractivity contribution in [2.75, 3.05) is 34.0 Å². The van der Waals surface area contributed by atoms with Gasteiger partial charge >= 0.3 is 0 Å². The van der Waals surface area contributed by atoms with Gasteiger partial charge in [0.1, 0.15) is 0 Å². The van der Waals surface area contributed by atoms with Crippen LogP contribution in [0, 0.1) is 23.7 Å². The van der Waals surface area contributed by atoms with Gasteiger partial charge in [-0.15, -0.1) is 12.4 Å². The van der Waals surface area contributed by atoms with Crippen molar-refractivity contribution >= 4 is 18.3 Å². The second-order valence-corrected chi connectivity index (χ2v) is 11.5. The van der Waals surface area contributed by atoms with Crippen molar-refractivity contribution in [1.82, 2.24) is 5.32 Å². The van der Waals surface area contributed by atoms with Gasteiger partial charge in [-0.05, 0) is 66.7 Å². The molecule has 0 saturated carbocycles. The molecule has 0 bridgehead atoms. The molecular weight excluding hydrogens is 540 g/mol. The zero-order chi connectivity index (χ0) is 29.5. The number of aliphatic hydroxyl groups is 1. The largest absolute Gasteiger partial charge is 0.493 e. The third-order valence-electron chi connectivity index (χ3n) is 7.68. The van der Waals surface area contributed by atoms with Crippen molar-refractivity contribution in [3.63, 3.8) is 0 Å². The first-order valence-corrected chi connectivity index (χ1v) is 14.7. The maximum Gasteiger partial charge on any atom is 0.223 e. The number of methoxy groups -OCH3 is 2. The van der Waals surface area contributed by atoms with Gasteiger partial charge in [-0.3, -0.25) is 4.79 Å². The lowest BCUT2D eigenvalue weighted by atomic mass is 9.81. The summed E-state index contributed by atoms with van der Waals surface area (Å²) in [6, 6.07) is 15.7. The van der Waals surface area contributed by atoms with E-state index in [1.54, 1.807) is 14.2 Å². The minimum Gasteiger partial charge on any atom is -0.493 e. The van der Waals surface area contributed by atoms with E-state index in [2.05, 4.69) is 37.4 Å². The normalized spacial score (nSPS) is 14.2. The second-order valence-electron chi connectivity index (χ2n) is 11.5. The molecule has 2 aromatic rings. The van der Waals surface area contributed by atoms with Crippen LogP contribution >= 0.6 is 12.4 Å². The van der Waals surface area contributed by atoms with E-state index in [9.17, 15) is 9.90 Å². The quantitative estimate of drug-likeness (QED) is 0.188. The lowest BCUT2D eigenvalue weighted by Gasteiger charge is -2.30. The summed E-state index contributed by atoms with van der Waals surface area (Å²) in [6.45, 7) is 10.2. The smallest absolute Gasteiger partial charge is 0.223 e. The van der Waals surface area contributed by atoms with Crippen molar-refractivity contribution in [1.29, 1.82) is 0 Å². The van der Waals surface area contributed by atoms with Crippen LogP contribution in [-0.2, 0) is 22.4 Å². The molecule has 0 aliphatic carbocycles. The summed E-state index contributed by atoms with van der Waals surface area (Å²) in [5.41, 5.74) is 8.89. The number of ether oxygens (including phenoxy) is 3. The summed E-state index contributed by atoms with van der Waals surface area (Å²) in [5.74, 6) is 1.84. The lowest BCUT2D eigenvalue weighted by molar-refractivity contribution is -0.127. The van der Waals surface area contributed by atoms with Crippen molar-refractivity contribution in [3.8, 4) is 11.5 Å². The Morgan fingerprint density at radius 2 is 1.63 bits per heavy atom. The van der Waals surface area contributed by atoms with Gasteiger partial charge in [0.25, 0.3) is 0 Å². The summed E-state index contributed by atoms with van der Waals surface area (Å²) >= 11 is 0. The van der Waals surface area contributed by atoms with E-state index >= 15 is 0 Å². The number of aliphatic hydroxyl groups excluding tert-OH is 1. The number of nitrogens with two attached hydrogens (primary N) is 1. The van der Waals surface area contributed by atoms with Gasteiger partial charge < -0.3 is 30.4 Å². The topological polar surface area (TPSA) is 103 Å². The molecule has 0 aliphatic rings. The molecule has 1 amide bonds. The summed E-state index contributed by atoms with van der Waals surface area (Å²) < 4.78 is 16.6. The van der Waals surface area contributed by atoms with E-state index in [-0.39, 0.29) is 36.1 Å². The number of hydrogen-bond acceptors (Lipinski definition) is 6. The zero-order valence-electron chi connectivity index (χ0n) is 25.8. The van der Waals surface area contributed by atoms with E-state index in [4.69, 9.17) is 19.9 Å². The highest BCUT2D eigenvalue weighted by Gasteiger charge is 2.29. The maximum atomic E-state index is 13.0. The fourth-order valence-electron chi connectivity index (χ4n) is 4.97. The predicted molar refractivity (Wildman–Crippen MR) is 169 cm³/mol. The average molecular weight is 593 g/mol. The van der Waals surface area contributed by atoms with Crippen molar-refractivity contribution in [2.45, 2.75) is 71.9 Å². The highest BCUT2D eigenvalue weighted by atomic mass is 35.5. The molecule has 0 unspecified atom stereocenters. The molecular formula is C33H53ClN2O5. The fraction of sp³-hybridized carbons (Fsp3) is 0.606. The molecule has 2 aromatic carbocycles. The van der Waals surface area contributed by atoms with Crippen LogP contribution in [0.4, 0.5) is 0 Å². The molecule has 0 spiro atoms. The Morgan fingerprint density at radius 3 is 2.24 bits per heavy atom. The number of hydrogen-bond donors (Lipinski definition) is 3. The Labute approximate surface area is 253 Å². The number of rotatable bonds is 19. The SMILES string of the molecule is COCCCOc1cc(C[C@@H](C[C@H](N)[C@@H](O)C[C@H](C(=O)NCCc2ccccc2)C(C)C)C(C)C)ccc1OC.Cl. The van der Waals surface area contributed by atoms with Crippen LogP contribution in [0.5, 0.6) is 11.5 Å². The summed E-state index contributed by atoms with van der Waals surface area (Å²) in [7, 11) is 3.32. The standard InChI is InChI=1S/C33H52N2O5.ClH/c1-23(2)27(19-26-13-14-31(39-6)32(20-26)40-18-10-17-38-5)21-29(34)30(36)22-28(24(3)4)33(37)35-16-15-25-11-8-7-9-12-25;/h7-9,11-14,20,23-24,27-30,36H,10,15-19,21-22,34H2,1-6H3,(H,35,37);1H/t27-,28-,29-,30-;/m0./s1. The Bertz CT molecular complexity index is 989. The van der Waals surface area contributed by atoms with Crippen molar-refractivity contribution in [3.05, 3.63) is 59.7 Å². The minimum absolute atomic E-state index is 0. The highest BCUT2D eigenvalue weighted by molar-refractivity contribution is 5.85. The van der Waals surface area contributed by atoms with Crippen LogP contribution in [0.25, 0.3) is 0 Å². The average Bonchev–Trinajstić information content (AvgIpc) is 2.93. The number of benzene rings is 2. The summed E-state index contributed by atoms with van der Waals surface area (Å²) in [6.07, 6.45) is 2.64. The molecule has 0 aliphatic heterocycles. The molecule has 4 atom stereocenters. The fourth-order valence-corrected chi connectivity index (χ4v) is 4.97. The van der Waals surface area contributed by atoms with Gasteiger partial charge in [0.15, 0.2) is 11.5 Å². The predicted octanol–water partition coefficient (Wildman–Crippen LogP) is 5.45. The number of carbonyl (C=O) groups excluding carboxylic acids is 1. The van der Waals surface area contributed by atoms with Crippen LogP contribution < -0.4 is 20.5 Å². The first kappa shape index (κ1) is 36.7. The van der Waals surface area contributed by atoms with E-state index < -0.39 is 12.1 Å². The molecule has 4 N–H and O–H groups in total. The minimum atomic E-state index is -0.760. The molecule has 8 heteroatoms. The number of carbonyl (C=O) groups is 1. The Hall–Kier alpha value is -2.32. The van der Waals surface area contributed by atoms with Crippen molar-refractivity contribution in [2.24, 2.45) is 29.4 Å². The van der Waals surface area contributed by atoms with Crippen LogP contribution in [0.2, 0.25) is 0 Å². The Balaban J connectivity index is 0.00000840. The van der Waals surface area contributed by atoms with Crippen molar-refractivity contribution < 1.29 is 24.1 Å². The van der Waals surface area contributed by atoms with Crippen LogP contribution in [0.15, 0.2) is 48.5 Å². The third kappa shape index (κ3) is 13.0. The monoisotopic (exact) mass is 592 g/mol. The molecule has 232 valence electrons. The first-order chi connectivity index (χ1) is 19.2. The van der Waals surface area contributed by atoms with Crippen LogP contribution in [-0.4, -0.2) is 57.1 Å². The summed E-state index contributed by atoms with van der Waals surface area (Å²) in [5, 5.41) is 14.2. The molecule has 0 fully saturated rings. The Kier molecular flexibility index (Phi) is 17.7. The number of halogens is 1. The van der Waals surface area contributed by atoms with Gasteiger partial charge in [-0.25, -0.2) is 0 Å².